The highest BCUT2D eigenvalue weighted by Crippen LogP contribution is 2.41. The van der Waals surface area contributed by atoms with Gasteiger partial charge in [-0.05, 0) is 65.1 Å². The number of rotatable bonds is 12. The van der Waals surface area contributed by atoms with Crippen LogP contribution in [-0.2, 0) is 41.1 Å². The third-order valence-electron chi connectivity index (χ3n) is 7.11. The Morgan fingerprint density at radius 3 is 2.17 bits per heavy atom. The molecule has 2 aromatic carbocycles. The van der Waals surface area contributed by atoms with Crippen molar-refractivity contribution in [2.75, 3.05) is 28.4 Å². The number of nitriles is 1. The van der Waals surface area contributed by atoms with Crippen molar-refractivity contribution in [3.05, 3.63) is 58.1 Å². The van der Waals surface area contributed by atoms with Crippen LogP contribution in [0.1, 0.15) is 60.9 Å². The summed E-state index contributed by atoms with van der Waals surface area (Å²) < 4.78 is 21.7. The highest BCUT2D eigenvalue weighted by molar-refractivity contribution is 5.88. The number of ether oxygens (including phenoxy) is 4. The molecule has 0 amide bonds. The van der Waals surface area contributed by atoms with E-state index in [1.54, 1.807) is 28.4 Å². The molecule has 6 heteroatoms. The number of aliphatic imine (C=N–C) groups is 1. The molecule has 1 unspecified atom stereocenters. The van der Waals surface area contributed by atoms with Crippen molar-refractivity contribution in [1.29, 1.82) is 5.26 Å². The van der Waals surface area contributed by atoms with E-state index in [-0.39, 0.29) is 5.92 Å². The van der Waals surface area contributed by atoms with Gasteiger partial charge < -0.3 is 18.9 Å². The zero-order chi connectivity index (χ0) is 25.4. The maximum absolute atomic E-state index is 10.3. The molecule has 0 aromatic heterocycles. The van der Waals surface area contributed by atoms with Gasteiger partial charge in [0.25, 0.3) is 0 Å². The SMILES string of the molecule is COCc1cc2c(cc1COC)CC(CCCC(C#N)(c1ccc(OC)c(OC)c1)C(C)C)=NC2. The van der Waals surface area contributed by atoms with Gasteiger partial charge in [0.1, 0.15) is 0 Å². The third-order valence-corrected chi connectivity index (χ3v) is 7.11. The summed E-state index contributed by atoms with van der Waals surface area (Å²) in [6.07, 6.45) is 3.37. The first-order chi connectivity index (χ1) is 16.9. The monoisotopic (exact) mass is 478 g/mol. The first-order valence-corrected chi connectivity index (χ1v) is 12.2. The van der Waals surface area contributed by atoms with Gasteiger partial charge in [0.2, 0.25) is 0 Å². The second-order valence-electron chi connectivity index (χ2n) is 9.48. The molecule has 2 aromatic rings. The fraction of sp³-hybridized carbons (Fsp3) is 0.517. The minimum absolute atomic E-state index is 0.149. The lowest BCUT2D eigenvalue weighted by Gasteiger charge is -2.32. The number of methoxy groups -OCH3 is 4. The van der Waals surface area contributed by atoms with E-state index in [1.807, 2.05) is 18.2 Å². The Morgan fingerprint density at radius 1 is 0.943 bits per heavy atom. The van der Waals surface area contributed by atoms with Gasteiger partial charge in [-0.15, -0.1) is 0 Å². The third kappa shape index (κ3) is 5.86. The molecule has 1 atom stereocenters. The molecule has 1 heterocycles. The lowest BCUT2D eigenvalue weighted by Crippen LogP contribution is -2.31. The normalized spacial score (nSPS) is 14.6. The number of hydrogen-bond donors (Lipinski definition) is 0. The molecule has 0 saturated heterocycles. The van der Waals surface area contributed by atoms with Crippen LogP contribution in [0.5, 0.6) is 11.5 Å². The van der Waals surface area contributed by atoms with Crippen LogP contribution in [0.2, 0.25) is 0 Å². The van der Waals surface area contributed by atoms with Gasteiger partial charge in [-0.25, -0.2) is 0 Å². The van der Waals surface area contributed by atoms with Gasteiger partial charge in [0.15, 0.2) is 11.5 Å². The van der Waals surface area contributed by atoms with Crippen LogP contribution < -0.4 is 9.47 Å². The van der Waals surface area contributed by atoms with E-state index in [1.165, 1.54) is 22.4 Å². The highest BCUT2D eigenvalue weighted by atomic mass is 16.5. The van der Waals surface area contributed by atoms with E-state index in [0.29, 0.717) is 31.3 Å². The maximum Gasteiger partial charge on any atom is 0.161 e. The summed E-state index contributed by atoms with van der Waals surface area (Å²) in [6.45, 7) is 6.07. The highest BCUT2D eigenvalue weighted by Gasteiger charge is 2.36. The Hall–Kier alpha value is -2.88. The fourth-order valence-electron chi connectivity index (χ4n) is 5.02. The second-order valence-corrected chi connectivity index (χ2v) is 9.48. The van der Waals surface area contributed by atoms with Gasteiger partial charge >= 0.3 is 0 Å². The Labute approximate surface area is 209 Å². The first-order valence-electron chi connectivity index (χ1n) is 12.2. The van der Waals surface area contributed by atoms with E-state index < -0.39 is 5.41 Å². The van der Waals surface area contributed by atoms with Gasteiger partial charge in [-0.1, -0.05) is 32.0 Å². The van der Waals surface area contributed by atoms with Crippen LogP contribution in [0.3, 0.4) is 0 Å². The van der Waals surface area contributed by atoms with Crippen molar-refractivity contribution in [3.63, 3.8) is 0 Å². The summed E-state index contributed by atoms with van der Waals surface area (Å²) in [5.74, 6) is 1.47. The molecular formula is C29H38N2O4. The predicted molar refractivity (Wildman–Crippen MR) is 138 cm³/mol. The molecule has 0 spiro atoms. The van der Waals surface area contributed by atoms with Crippen LogP contribution >= 0.6 is 0 Å². The van der Waals surface area contributed by atoms with Crippen molar-refractivity contribution >= 4 is 5.71 Å². The topological polar surface area (TPSA) is 73.1 Å². The van der Waals surface area contributed by atoms with Crippen LogP contribution in [0.15, 0.2) is 35.3 Å². The lowest BCUT2D eigenvalue weighted by atomic mass is 9.69. The van der Waals surface area contributed by atoms with E-state index >= 15 is 0 Å². The number of benzene rings is 2. The molecule has 1 aliphatic rings. The van der Waals surface area contributed by atoms with Crippen molar-refractivity contribution in [2.45, 2.75) is 64.7 Å². The molecule has 1 aliphatic heterocycles. The largest absolute Gasteiger partial charge is 0.493 e. The molecule has 3 rings (SSSR count). The molecule has 0 radical (unpaired) electrons. The molecule has 0 bridgehead atoms. The smallest absolute Gasteiger partial charge is 0.161 e. The summed E-state index contributed by atoms with van der Waals surface area (Å²) in [6, 6.07) is 12.9. The van der Waals surface area contributed by atoms with Gasteiger partial charge in [-0.2, -0.15) is 5.26 Å². The van der Waals surface area contributed by atoms with E-state index in [2.05, 4.69) is 32.0 Å². The number of hydrogen-bond acceptors (Lipinski definition) is 6. The van der Waals surface area contributed by atoms with E-state index in [9.17, 15) is 5.26 Å². The van der Waals surface area contributed by atoms with Crippen molar-refractivity contribution < 1.29 is 18.9 Å². The molecule has 6 nitrogen and oxygen atoms in total. The molecule has 0 fully saturated rings. The van der Waals surface area contributed by atoms with Crippen molar-refractivity contribution in [2.24, 2.45) is 10.9 Å². The lowest BCUT2D eigenvalue weighted by molar-refractivity contribution is 0.168. The second kappa shape index (κ2) is 12.2. The Bertz CT molecular complexity index is 1090. The minimum Gasteiger partial charge on any atom is -0.493 e. The summed E-state index contributed by atoms with van der Waals surface area (Å²) in [4.78, 5) is 4.89. The number of fused-ring (bicyclic) bond motifs is 1. The van der Waals surface area contributed by atoms with Crippen LogP contribution in [-0.4, -0.2) is 34.2 Å². The number of nitrogens with zero attached hydrogens (tertiary/aromatic N) is 2. The van der Waals surface area contributed by atoms with Gasteiger partial charge in [-0.3, -0.25) is 4.99 Å². The Morgan fingerprint density at radius 2 is 1.60 bits per heavy atom. The Kier molecular flexibility index (Phi) is 9.31. The maximum atomic E-state index is 10.3. The Balaban J connectivity index is 1.75. The van der Waals surface area contributed by atoms with Gasteiger partial charge in [0, 0.05) is 26.4 Å². The van der Waals surface area contributed by atoms with E-state index in [0.717, 1.165) is 36.8 Å². The average molecular weight is 479 g/mol. The quantitative estimate of drug-likeness (QED) is 0.387. The van der Waals surface area contributed by atoms with Crippen LogP contribution in [0.4, 0.5) is 0 Å². The first kappa shape index (κ1) is 26.7. The summed E-state index contributed by atoms with van der Waals surface area (Å²) in [5.41, 5.74) is 6.48. The minimum atomic E-state index is -0.604. The zero-order valence-electron chi connectivity index (χ0n) is 21.9. The molecule has 0 saturated carbocycles. The molecule has 0 aliphatic carbocycles. The van der Waals surface area contributed by atoms with E-state index in [4.69, 9.17) is 23.9 Å². The van der Waals surface area contributed by atoms with Crippen molar-refractivity contribution in [1.82, 2.24) is 0 Å². The standard InChI is InChI=1S/C29H38N2O4/c1-20(2)29(19-30,25-9-10-27(34-5)28(15-25)35-6)11-7-8-26-14-21-12-23(17-32-3)24(18-33-4)13-22(21)16-31-26/h9-10,12-13,15,20H,7-8,11,14,16-18H2,1-6H3. The van der Waals surface area contributed by atoms with Gasteiger partial charge in [0.05, 0.1) is 45.5 Å². The summed E-state index contributed by atoms with van der Waals surface area (Å²) in [7, 11) is 6.68. The van der Waals surface area contributed by atoms with Crippen LogP contribution in [0, 0.1) is 17.2 Å². The van der Waals surface area contributed by atoms with Crippen LogP contribution in [0.25, 0.3) is 0 Å². The fourth-order valence-corrected chi connectivity index (χ4v) is 5.02. The zero-order valence-corrected chi connectivity index (χ0v) is 21.9. The summed E-state index contributed by atoms with van der Waals surface area (Å²) in [5, 5.41) is 10.3. The molecule has 188 valence electrons. The van der Waals surface area contributed by atoms with Crippen molar-refractivity contribution in [3.8, 4) is 17.6 Å². The average Bonchev–Trinajstić information content (AvgIpc) is 2.86. The molecule has 0 N–H and O–H groups in total. The molecule has 35 heavy (non-hydrogen) atoms. The summed E-state index contributed by atoms with van der Waals surface area (Å²) >= 11 is 0. The predicted octanol–water partition coefficient (Wildman–Crippen LogP) is 5.78. The molecular weight excluding hydrogens is 440 g/mol.